The quantitative estimate of drug-likeness (QED) is 0.671. The molecule has 0 N–H and O–H groups in total. The summed E-state index contributed by atoms with van der Waals surface area (Å²) in [6.45, 7) is 11.0. The molecule has 0 aliphatic carbocycles. The molecule has 1 heterocycles. The van der Waals surface area contributed by atoms with Gasteiger partial charge in [0.25, 0.3) is 0 Å². The van der Waals surface area contributed by atoms with Gasteiger partial charge < -0.3 is 4.74 Å². The van der Waals surface area contributed by atoms with Gasteiger partial charge in [-0.2, -0.15) is 11.8 Å². The van der Waals surface area contributed by atoms with E-state index in [1.807, 2.05) is 22.6 Å². The number of nitrogens with zero attached hydrogens (tertiary/aromatic N) is 3. The molecule has 0 atom stereocenters. The van der Waals surface area contributed by atoms with Crippen LogP contribution < -0.4 is 0 Å². The van der Waals surface area contributed by atoms with Crippen molar-refractivity contribution in [2.45, 2.75) is 45.2 Å². The molecule has 0 spiro atoms. The van der Waals surface area contributed by atoms with Gasteiger partial charge in [0.15, 0.2) is 0 Å². The Labute approximate surface area is 108 Å². The molecule has 0 saturated carbocycles. The largest absolute Gasteiger partial charge is 0.379 e. The molecule has 1 rings (SSSR count). The molecule has 4 nitrogen and oxygen atoms in total. The third-order valence-corrected chi connectivity index (χ3v) is 3.20. The average Bonchev–Trinajstić information content (AvgIpc) is 2.69. The van der Waals surface area contributed by atoms with Crippen LogP contribution in [0.5, 0.6) is 0 Å². The van der Waals surface area contributed by atoms with E-state index < -0.39 is 0 Å². The Kier molecular flexibility index (Phi) is 6.58. The van der Waals surface area contributed by atoms with Gasteiger partial charge in [-0.3, -0.25) is 0 Å². The van der Waals surface area contributed by atoms with Crippen LogP contribution in [-0.4, -0.2) is 33.5 Å². The van der Waals surface area contributed by atoms with Crippen molar-refractivity contribution in [3.8, 4) is 0 Å². The van der Waals surface area contributed by atoms with Gasteiger partial charge in [0.1, 0.15) is 0 Å². The van der Waals surface area contributed by atoms with Gasteiger partial charge >= 0.3 is 0 Å². The van der Waals surface area contributed by atoms with Gasteiger partial charge in [-0.15, -0.1) is 5.10 Å². The van der Waals surface area contributed by atoms with Crippen molar-refractivity contribution < 1.29 is 4.74 Å². The Morgan fingerprint density at radius 3 is 2.76 bits per heavy atom. The Hall–Kier alpha value is -0.550. The van der Waals surface area contributed by atoms with Crippen LogP contribution in [0.4, 0.5) is 0 Å². The van der Waals surface area contributed by atoms with E-state index in [4.69, 9.17) is 4.74 Å². The molecule has 1 aromatic rings. The highest BCUT2D eigenvalue weighted by Gasteiger charge is 2.02. The van der Waals surface area contributed by atoms with Gasteiger partial charge in [0.05, 0.1) is 18.8 Å². The molecule has 5 heteroatoms. The predicted octanol–water partition coefficient (Wildman–Crippen LogP) is 2.59. The standard InChI is InChI=1S/C12H23N3OS/c1-10(2)8-16-6-5-15-7-12(13-14-15)9-17-11(3)4/h7,10-11H,5-6,8-9H2,1-4H3. The minimum atomic E-state index is 0.587. The fourth-order valence-electron chi connectivity index (χ4n) is 1.24. The first kappa shape index (κ1) is 14.5. The average molecular weight is 257 g/mol. The molecule has 0 unspecified atom stereocenters. The van der Waals surface area contributed by atoms with Crippen molar-refractivity contribution in [3.05, 3.63) is 11.9 Å². The van der Waals surface area contributed by atoms with E-state index in [0.29, 0.717) is 17.8 Å². The van der Waals surface area contributed by atoms with E-state index in [2.05, 4.69) is 38.0 Å². The van der Waals surface area contributed by atoms with Gasteiger partial charge in [-0.05, 0) is 11.2 Å². The second-order valence-corrected chi connectivity index (χ2v) is 6.37. The van der Waals surface area contributed by atoms with Crippen LogP contribution in [0.2, 0.25) is 0 Å². The van der Waals surface area contributed by atoms with E-state index in [0.717, 1.165) is 24.6 Å². The molecule has 17 heavy (non-hydrogen) atoms. The molecule has 0 aliphatic heterocycles. The van der Waals surface area contributed by atoms with E-state index >= 15 is 0 Å². The summed E-state index contributed by atoms with van der Waals surface area (Å²) in [5.41, 5.74) is 1.05. The van der Waals surface area contributed by atoms with E-state index in [1.54, 1.807) is 0 Å². The lowest BCUT2D eigenvalue weighted by atomic mass is 10.2. The van der Waals surface area contributed by atoms with Gasteiger partial charge in [0.2, 0.25) is 0 Å². The Balaban J connectivity index is 2.21. The van der Waals surface area contributed by atoms with Crippen molar-refractivity contribution in [3.63, 3.8) is 0 Å². The highest BCUT2D eigenvalue weighted by atomic mass is 32.2. The summed E-state index contributed by atoms with van der Waals surface area (Å²) in [7, 11) is 0. The molecule has 0 aliphatic rings. The summed E-state index contributed by atoms with van der Waals surface area (Å²) < 4.78 is 7.37. The number of hydrogen-bond donors (Lipinski definition) is 0. The summed E-state index contributed by atoms with van der Waals surface area (Å²) in [5, 5.41) is 8.86. The summed E-state index contributed by atoms with van der Waals surface area (Å²) >= 11 is 1.88. The molecule has 0 fully saturated rings. The van der Waals surface area contributed by atoms with Crippen molar-refractivity contribution >= 4 is 11.8 Å². The first-order chi connectivity index (χ1) is 8.08. The number of hydrogen-bond acceptors (Lipinski definition) is 4. The lowest BCUT2D eigenvalue weighted by Crippen LogP contribution is -2.09. The number of ether oxygens (including phenoxy) is 1. The van der Waals surface area contributed by atoms with Crippen LogP contribution in [0.15, 0.2) is 6.20 Å². The van der Waals surface area contributed by atoms with Crippen molar-refractivity contribution in [2.75, 3.05) is 13.2 Å². The molecule has 0 amide bonds. The second kappa shape index (κ2) is 7.71. The zero-order valence-electron chi connectivity index (χ0n) is 11.2. The summed E-state index contributed by atoms with van der Waals surface area (Å²) in [5.74, 6) is 1.52. The fraction of sp³-hybridized carbons (Fsp3) is 0.833. The van der Waals surface area contributed by atoms with E-state index in [9.17, 15) is 0 Å². The zero-order chi connectivity index (χ0) is 12.7. The van der Waals surface area contributed by atoms with Crippen LogP contribution in [0, 0.1) is 5.92 Å². The maximum absolute atomic E-state index is 5.51. The van der Waals surface area contributed by atoms with Gasteiger partial charge in [-0.1, -0.05) is 32.9 Å². The lowest BCUT2D eigenvalue weighted by Gasteiger charge is -2.05. The van der Waals surface area contributed by atoms with Crippen LogP contribution in [-0.2, 0) is 17.0 Å². The second-order valence-electron chi connectivity index (χ2n) is 4.80. The molecular formula is C12H23N3OS. The van der Waals surface area contributed by atoms with Crippen molar-refractivity contribution in [2.24, 2.45) is 5.92 Å². The van der Waals surface area contributed by atoms with Crippen LogP contribution in [0.25, 0.3) is 0 Å². The van der Waals surface area contributed by atoms with E-state index in [-0.39, 0.29) is 0 Å². The molecule has 0 aromatic carbocycles. The summed E-state index contributed by atoms with van der Waals surface area (Å²) in [4.78, 5) is 0. The molecule has 98 valence electrons. The first-order valence-electron chi connectivity index (χ1n) is 6.16. The Bertz CT molecular complexity index is 312. The maximum Gasteiger partial charge on any atom is 0.0926 e. The minimum absolute atomic E-state index is 0.587. The fourth-order valence-corrected chi connectivity index (χ4v) is 1.88. The summed E-state index contributed by atoms with van der Waals surface area (Å²) in [6.07, 6.45) is 2.01. The summed E-state index contributed by atoms with van der Waals surface area (Å²) in [6, 6.07) is 0. The Morgan fingerprint density at radius 1 is 1.35 bits per heavy atom. The highest BCUT2D eigenvalue weighted by Crippen LogP contribution is 2.14. The number of rotatable bonds is 8. The lowest BCUT2D eigenvalue weighted by molar-refractivity contribution is 0.101. The SMILES string of the molecule is CC(C)COCCn1cc(CSC(C)C)nn1. The molecule has 0 radical (unpaired) electrons. The monoisotopic (exact) mass is 257 g/mol. The third kappa shape index (κ3) is 6.68. The van der Waals surface area contributed by atoms with Gasteiger partial charge in [-0.25, -0.2) is 4.68 Å². The van der Waals surface area contributed by atoms with Crippen molar-refractivity contribution in [1.29, 1.82) is 0 Å². The van der Waals surface area contributed by atoms with Crippen LogP contribution in [0.3, 0.4) is 0 Å². The molecular weight excluding hydrogens is 234 g/mol. The van der Waals surface area contributed by atoms with Crippen molar-refractivity contribution in [1.82, 2.24) is 15.0 Å². The number of aromatic nitrogens is 3. The Morgan fingerprint density at radius 2 is 2.12 bits per heavy atom. The zero-order valence-corrected chi connectivity index (χ0v) is 12.0. The maximum atomic E-state index is 5.51. The molecule has 0 saturated heterocycles. The number of thioether (sulfide) groups is 1. The molecule has 1 aromatic heterocycles. The predicted molar refractivity (Wildman–Crippen MR) is 72.1 cm³/mol. The highest BCUT2D eigenvalue weighted by molar-refractivity contribution is 7.99. The van der Waals surface area contributed by atoms with Crippen LogP contribution >= 0.6 is 11.8 Å². The molecule has 0 bridgehead atoms. The topological polar surface area (TPSA) is 39.9 Å². The van der Waals surface area contributed by atoms with E-state index in [1.165, 1.54) is 0 Å². The first-order valence-corrected chi connectivity index (χ1v) is 7.21. The van der Waals surface area contributed by atoms with Gasteiger partial charge in [0, 0.05) is 18.6 Å². The smallest absolute Gasteiger partial charge is 0.0926 e. The van der Waals surface area contributed by atoms with Crippen LogP contribution in [0.1, 0.15) is 33.4 Å². The normalized spacial score (nSPS) is 11.6. The minimum Gasteiger partial charge on any atom is -0.379 e. The third-order valence-electron chi connectivity index (χ3n) is 2.07.